The van der Waals surface area contributed by atoms with Gasteiger partial charge in [-0.05, 0) is 113 Å². The summed E-state index contributed by atoms with van der Waals surface area (Å²) in [5, 5.41) is 14.3. The number of carbonyl (C=O) groups excluding carboxylic acids is 2. The first-order valence-corrected chi connectivity index (χ1v) is 16.2. The van der Waals surface area contributed by atoms with Crippen molar-refractivity contribution in [1.29, 1.82) is 0 Å². The first-order valence-electron chi connectivity index (χ1n) is 16.2. The average Bonchev–Trinajstić information content (AvgIpc) is 3.68. The SMILES string of the molecule is COc1ccc2cc1OCCCNC(=O)CCc1cccc(c1)Oc1cc3c(cc1OC)C2N(C(=O)c1ccc(-n2cnnn2)cc1)CC3. The molecule has 250 valence electrons. The number of carbonyl (C=O) groups is 2. The number of aromatic nitrogens is 4. The van der Waals surface area contributed by atoms with Gasteiger partial charge in [0.15, 0.2) is 23.0 Å². The van der Waals surface area contributed by atoms with Crippen LogP contribution in [0.3, 0.4) is 0 Å². The summed E-state index contributed by atoms with van der Waals surface area (Å²) >= 11 is 0. The number of nitrogens with one attached hydrogen (secondary N) is 1. The maximum Gasteiger partial charge on any atom is 0.254 e. The van der Waals surface area contributed by atoms with Crippen molar-refractivity contribution in [1.82, 2.24) is 30.4 Å². The second-order valence-electron chi connectivity index (χ2n) is 11.9. The molecule has 8 bridgehead atoms. The van der Waals surface area contributed by atoms with Gasteiger partial charge in [-0.2, -0.15) is 0 Å². The third-order valence-electron chi connectivity index (χ3n) is 8.81. The zero-order valence-electron chi connectivity index (χ0n) is 27.3. The predicted molar refractivity (Wildman–Crippen MR) is 180 cm³/mol. The molecule has 8 rings (SSSR count). The van der Waals surface area contributed by atoms with Crippen molar-refractivity contribution in [3.8, 4) is 34.4 Å². The number of benzene rings is 4. The number of fused-ring (bicyclic) bond motifs is 8. The summed E-state index contributed by atoms with van der Waals surface area (Å²) in [6.07, 6.45) is 3.67. The van der Waals surface area contributed by atoms with Crippen LogP contribution in [-0.4, -0.2) is 70.8 Å². The summed E-state index contributed by atoms with van der Waals surface area (Å²) in [5.41, 5.74) is 5.09. The molecular formula is C37H36N6O6. The van der Waals surface area contributed by atoms with Crippen LogP contribution in [0.2, 0.25) is 0 Å². The van der Waals surface area contributed by atoms with Crippen molar-refractivity contribution in [2.45, 2.75) is 31.7 Å². The first-order chi connectivity index (χ1) is 24.0. The molecule has 3 aliphatic heterocycles. The molecule has 1 atom stereocenters. The van der Waals surface area contributed by atoms with Gasteiger partial charge in [0.25, 0.3) is 5.91 Å². The standard InChI is InChI=1S/C37H36N6O6/c1-46-31-13-10-27-21-33(31)48-18-4-16-38-35(44)14-7-24-5-3-6-29(19-24)49-34-20-26-15-17-42(36(27)30(26)22-32(34)47-2)37(45)25-8-11-28(12-9-25)43-23-39-40-41-43/h3,5-6,8-13,19-23,36H,4,7,14-18H2,1-2H3,(H,38,44). The fraction of sp³-hybridized carbons (Fsp3) is 0.270. The summed E-state index contributed by atoms with van der Waals surface area (Å²) in [4.78, 5) is 28.8. The minimum absolute atomic E-state index is 0.0259. The minimum atomic E-state index is -0.472. The molecule has 0 aliphatic carbocycles. The van der Waals surface area contributed by atoms with Gasteiger partial charge in [-0.1, -0.05) is 18.2 Å². The van der Waals surface area contributed by atoms with Gasteiger partial charge in [0.05, 0.1) is 32.6 Å². The molecule has 5 aromatic rings. The van der Waals surface area contributed by atoms with Gasteiger partial charge < -0.3 is 29.2 Å². The second kappa shape index (κ2) is 14.1. The molecule has 1 unspecified atom stereocenters. The lowest BCUT2D eigenvalue weighted by Crippen LogP contribution is -2.40. The molecule has 12 heteroatoms. The van der Waals surface area contributed by atoms with E-state index in [1.54, 1.807) is 26.4 Å². The molecule has 0 fully saturated rings. The van der Waals surface area contributed by atoms with Crippen LogP contribution in [0.4, 0.5) is 0 Å². The number of ether oxygens (including phenoxy) is 4. The van der Waals surface area contributed by atoms with E-state index >= 15 is 0 Å². The van der Waals surface area contributed by atoms with Crippen LogP contribution < -0.4 is 24.3 Å². The molecule has 0 spiro atoms. The van der Waals surface area contributed by atoms with E-state index < -0.39 is 6.04 Å². The Bertz CT molecular complexity index is 1960. The maximum atomic E-state index is 14.3. The van der Waals surface area contributed by atoms with Gasteiger partial charge >= 0.3 is 0 Å². The van der Waals surface area contributed by atoms with Gasteiger partial charge in [-0.25, -0.2) is 4.68 Å². The summed E-state index contributed by atoms with van der Waals surface area (Å²) < 4.78 is 25.7. The molecule has 0 saturated heterocycles. The molecule has 4 aromatic carbocycles. The normalized spacial score (nSPS) is 16.2. The number of amides is 2. The van der Waals surface area contributed by atoms with E-state index in [9.17, 15) is 9.59 Å². The Hall–Kier alpha value is -5.91. The Labute approximate surface area is 283 Å². The van der Waals surface area contributed by atoms with Crippen LogP contribution in [0.25, 0.3) is 5.69 Å². The van der Waals surface area contributed by atoms with E-state index in [0.29, 0.717) is 79.7 Å². The largest absolute Gasteiger partial charge is 0.493 e. The van der Waals surface area contributed by atoms with Crippen LogP contribution >= 0.6 is 0 Å². The van der Waals surface area contributed by atoms with Crippen molar-refractivity contribution in [2.24, 2.45) is 0 Å². The van der Waals surface area contributed by atoms with Crippen molar-refractivity contribution < 1.29 is 28.5 Å². The van der Waals surface area contributed by atoms with E-state index in [-0.39, 0.29) is 11.8 Å². The monoisotopic (exact) mass is 660 g/mol. The highest BCUT2D eigenvalue weighted by Crippen LogP contribution is 2.44. The highest BCUT2D eigenvalue weighted by molar-refractivity contribution is 5.95. The van der Waals surface area contributed by atoms with Crippen LogP contribution in [0.5, 0.6) is 28.7 Å². The molecule has 0 radical (unpaired) electrons. The van der Waals surface area contributed by atoms with Crippen LogP contribution in [0.15, 0.2) is 85.2 Å². The van der Waals surface area contributed by atoms with Gasteiger partial charge in [0, 0.05) is 25.1 Å². The second-order valence-corrected chi connectivity index (χ2v) is 11.9. The number of hydrogen-bond donors (Lipinski definition) is 1. The minimum Gasteiger partial charge on any atom is -0.493 e. The smallest absolute Gasteiger partial charge is 0.254 e. The number of methoxy groups -OCH3 is 2. The zero-order chi connectivity index (χ0) is 33.7. The van der Waals surface area contributed by atoms with E-state index in [1.165, 1.54) is 11.0 Å². The molecular weight excluding hydrogens is 624 g/mol. The topological polar surface area (TPSA) is 130 Å². The number of rotatable bonds is 4. The summed E-state index contributed by atoms with van der Waals surface area (Å²) in [6, 6.07) is 24.2. The number of tetrazole rings is 1. The lowest BCUT2D eigenvalue weighted by atomic mass is 9.87. The zero-order valence-corrected chi connectivity index (χ0v) is 27.3. The highest BCUT2D eigenvalue weighted by atomic mass is 16.5. The molecule has 4 heterocycles. The van der Waals surface area contributed by atoms with Gasteiger partial charge in [0.2, 0.25) is 5.91 Å². The van der Waals surface area contributed by atoms with Crippen molar-refractivity contribution in [2.75, 3.05) is 33.9 Å². The van der Waals surface area contributed by atoms with E-state index in [0.717, 1.165) is 27.9 Å². The maximum absolute atomic E-state index is 14.3. The van der Waals surface area contributed by atoms with Gasteiger partial charge in [-0.3, -0.25) is 9.59 Å². The van der Waals surface area contributed by atoms with Crippen molar-refractivity contribution in [3.63, 3.8) is 0 Å². The van der Waals surface area contributed by atoms with Crippen molar-refractivity contribution in [3.05, 3.63) is 113 Å². The quantitative estimate of drug-likeness (QED) is 0.280. The molecule has 49 heavy (non-hydrogen) atoms. The highest BCUT2D eigenvalue weighted by Gasteiger charge is 2.35. The number of aryl methyl sites for hydroxylation is 1. The molecule has 1 N–H and O–H groups in total. The Balaban J connectivity index is 1.31. The average molecular weight is 661 g/mol. The van der Waals surface area contributed by atoms with Crippen LogP contribution in [0.1, 0.15) is 51.5 Å². The van der Waals surface area contributed by atoms with E-state index in [2.05, 4.69) is 20.8 Å². The fourth-order valence-corrected chi connectivity index (χ4v) is 6.34. The predicted octanol–water partition coefficient (Wildman–Crippen LogP) is 5.09. The number of hydrogen-bond acceptors (Lipinski definition) is 9. The third-order valence-corrected chi connectivity index (χ3v) is 8.81. The summed E-state index contributed by atoms with van der Waals surface area (Å²) in [5.74, 6) is 2.73. The lowest BCUT2D eigenvalue weighted by Gasteiger charge is -2.38. The van der Waals surface area contributed by atoms with E-state index in [1.807, 2.05) is 71.6 Å². The van der Waals surface area contributed by atoms with E-state index in [4.69, 9.17) is 18.9 Å². The van der Waals surface area contributed by atoms with Crippen LogP contribution in [0, 0.1) is 0 Å². The molecule has 2 amide bonds. The Morgan fingerprint density at radius 1 is 0.918 bits per heavy atom. The Morgan fingerprint density at radius 3 is 2.57 bits per heavy atom. The van der Waals surface area contributed by atoms with Gasteiger partial charge in [-0.15, -0.1) is 5.10 Å². The lowest BCUT2D eigenvalue weighted by molar-refractivity contribution is -0.121. The molecule has 12 nitrogen and oxygen atoms in total. The number of nitrogens with zero attached hydrogens (tertiary/aromatic N) is 5. The van der Waals surface area contributed by atoms with Gasteiger partial charge in [0.1, 0.15) is 12.1 Å². The third kappa shape index (κ3) is 6.75. The summed E-state index contributed by atoms with van der Waals surface area (Å²) in [7, 11) is 3.20. The first kappa shape index (κ1) is 31.7. The Kier molecular flexibility index (Phi) is 9.09. The molecule has 0 saturated carbocycles. The fourth-order valence-electron chi connectivity index (χ4n) is 6.34. The van der Waals surface area contributed by atoms with Crippen molar-refractivity contribution >= 4 is 11.8 Å². The molecule has 3 aliphatic rings. The Morgan fingerprint density at radius 2 is 1.78 bits per heavy atom. The van der Waals surface area contributed by atoms with Crippen LogP contribution in [-0.2, 0) is 17.6 Å². The summed E-state index contributed by atoms with van der Waals surface area (Å²) in [6.45, 7) is 1.32. The molecule has 1 aromatic heterocycles.